The van der Waals surface area contributed by atoms with Gasteiger partial charge in [0.25, 0.3) is 5.69 Å². The van der Waals surface area contributed by atoms with Gasteiger partial charge in [-0.2, -0.15) is 0 Å². The first-order valence-corrected chi connectivity index (χ1v) is 9.80. The van der Waals surface area contributed by atoms with Crippen LogP contribution in [0.25, 0.3) is 11.0 Å². The van der Waals surface area contributed by atoms with E-state index in [1.165, 1.54) is 18.2 Å². The molecular formula is C18H18N2O5S. The van der Waals surface area contributed by atoms with Crippen molar-refractivity contribution >= 4 is 32.2 Å². The summed E-state index contributed by atoms with van der Waals surface area (Å²) in [6, 6.07) is 11.4. The molecule has 0 bridgehead atoms. The summed E-state index contributed by atoms with van der Waals surface area (Å²) in [6.45, 7) is 3.84. The zero-order valence-corrected chi connectivity index (χ0v) is 15.3. The fourth-order valence-corrected chi connectivity index (χ4v) is 3.84. The molecule has 26 heavy (non-hydrogen) atoms. The lowest BCUT2D eigenvalue weighted by Gasteiger charge is -2.15. The number of para-hydroxylation sites is 1. The van der Waals surface area contributed by atoms with Gasteiger partial charge in [-0.15, -0.1) is 0 Å². The fraction of sp³-hybridized carbons (Fsp3) is 0.222. The minimum absolute atomic E-state index is 0.253. The SMILES string of the molecule is Cc1c(C(C)Nc2ccc([N+](=O)[O-])c(S(C)(=O)=O)c2)oc2ccccc12. The molecule has 0 saturated heterocycles. The number of sulfone groups is 1. The van der Waals surface area contributed by atoms with Gasteiger partial charge >= 0.3 is 0 Å². The highest BCUT2D eigenvalue weighted by atomic mass is 32.2. The fourth-order valence-electron chi connectivity index (χ4n) is 2.97. The average Bonchev–Trinajstić information content (AvgIpc) is 2.91. The van der Waals surface area contributed by atoms with Crippen molar-refractivity contribution in [2.75, 3.05) is 11.6 Å². The van der Waals surface area contributed by atoms with Crippen LogP contribution in [0.15, 0.2) is 51.8 Å². The Labute approximate surface area is 150 Å². The van der Waals surface area contributed by atoms with E-state index in [2.05, 4.69) is 5.32 Å². The van der Waals surface area contributed by atoms with Crippen molar-refractivity contribution in [2.24, 2.45) is 0 Å². The number of nitrogens with zero attached hydrogens (tertiary/aromatic N) is 1. The van der Waals surface area contributed by atoms with E-state index in [1.807, 2.05) is 38.1 Å². The second-order valence-electron chi connectivity index (χ2n) is 6.17. The molecule has 3 aromatic rings. The van der Waals surface area contributed by atoms with E-state index in [4.69, 9.17) is 4.42 Å². The van der Waals surface area contributed by atoms with E-state index in [9.17, 15) is 18.5 Å². The van der Waals surface area contributed by atoms with Gasteiger partial charge in [0.05, 0.1) is 11.0 Å². The molecule has 0 aliphatic rings. The van der Waals surface area contributed by atoms with Gasteiger partial charge in [0.1, 0.15) is 16.2 Å². The molecule has 0 aliphatic heterocycles. The van der Waals surface area contributed by atoms with Gasteiger partial charge in [-0.25, -0.2) is 8.42 Å². The monoisotopic (exact) mass is 374 g/mol. The number of nitro groups is 1. The maximum absolute atomic E-state index is 11.9. The quantitative estimate of drug-likeness (QED) is 0.530. The van der Waals surface area contributed by atoms with Gasteiger partial charge in [-0.05, 0) is 32.0 Å². The molecule has 1 unspecified atom stereocenters. The molecule has 8 heteroatoms. The number of furan rings is 1. The standard InChI is InChI=1S/C18H18N2O5S/c1-11-14-6-4-5-7-16(14)25-18(11)12(2)19-13-8-9-15(20(21)22)17(10-13)26(3,23)24/h4-10,12,19H,1-3H3. The van der Waals surface area contributed by atoms with Crippen molar-refractivity contribution in [2.45, 2.75) is 24.8 Å². The number of benzene rings is 2. The zero-order chi connectivity index (χ0) is 19.1. The summed E-state index contributed by atoms with van der Waals surface area (Å²) in [6.07, 6.45) is 0.950. The number of anilines is 1. The summed E-state index contributed by atoms with van der Waals surface area (Å²) in [5.41, 5.74) is 1.79. The van der Waals surface area contributed by atoms with Crippen LogP contribution in [0.5, 0.6) is 0 Å². The maximum atomic E-state index is 11.9. The minimum Gasteiger partial charge on any atom is -0.459 e. The van der Waals surface area contributed by atoms with Crippen LogP contribution in [0.1, 0.15) is 24.3 Å². The highest BCUT2D eigenvalue weighted by Gasteiger charge is 2.23. The molecule has 0 spiro atoms. The van der Waals surface area contributed by atoms with Gasteiger partial charge in [0.15, 0.2) is 9.84 Å². The largest absolute Gasteiger partial charge is 0.459 e. The summed E-state index contributed by atoms with van der Waals surface area (Å²) in [4.78, 5) is 10.1. The Morgan fingerprint density at radius 2 is 1.88 bits per heavy atom. The van der Waals surface area contributed by atoms with Crippen molar-refractivity contribution in [3.8, 4) is 0 Å². The molecule has 0 radical (unpaired) electrons. The Morgan fingerprint density at radius 3 is 2.50 bits per heavy atom. The van der Waals surface area contributed by atoms with Crippen LogP contribution < -0.4 is 5.32 Å². The number of nitrogens with one attached hydrogen (secondary N) is 1. The molecular weight excluding hydrogens is 356 g/mol. The van der Waals surface area contributed by atoms with E-state index in [-0.39, 0.29) is 10.9 Å². The predicted molar refractivity (Wildman–Crippen MR) is 99.2 cm³/mol. The van der Waals surface area contributed by atoms with Crippen LogP contribution in [0.2, 0.25) is 0 Å². The van der Waals surface area contributed by atoms with E-state index >= 15 is 0 Å². The molecule has 0 saturated carbocycles. The van der Waals surface area contributed by atoms with Crippen molar-refractivity contribution in [1.29, 1.82) is 0 Å². The zero-order valence-electron chi connectivity index (χ0n) is 14.5. The Kier molecular flexibility index (Phi) is 4.45. The molecule has 1 atom stereocenters. The van der Waals surface area contributed by atoms with Crippen LogP contribution in [0, 0.1) is 17.0 Å². The Bertz CT molecular complexity index is 1100. The Balaban J connectivity index is 1.97. The summed E-state index contributed by atoms with van der Waals surface area (Å²) in [5.74, 6) is 0.727. The number of fused-ring (bicyclic) bond motifs is 1. The third-order valence-electron chi connectivity index (χ3n) is 4.21. The topological polar surface area (TPSA) is 102 Å². The molecule has 1 N–H and O–H groups in total. The van der Waals surface area contributed by atoms with Crippen LogP contribution in [-0.2, 0) is 9.84 Å². The minimum atomic E-state index is -3.74. The summed E-state index contributed by atoms with van der Waals surface area (Å²) in [7, 11) is -3.74. The van der Waals surface area contributed by atoms with Crippen molar-refractivity contribution < 1.29 is 17.8 Å². The van der Waals surface area contributed by atoms with Gasteiger partial charge in [-0.3, -0.25) is 10.1 Å². The van der Waals surface area contributed by atoms with Crippen molar-refractivity contribution in [3.05, 3.63) is 63.9 Å². The Morgan fingerprint density at radius 1 is 1.19 bits per heavy atom. The first-order valence-electron chi connectivity index (χ1n) is 7.91. The number of hydrogen-bond acceptors (Lipinski definition) is 6. The van der Waals surface area contributed by atoms with Gasteiger partial charge in [-0.1, -0.05) is 18.2 Å². The van der Waals surface area contributed by atoms with Crippen molar-refractivity contribution in [3.63, 3.8) is 0 Å². The van der Waals surface area contributed by atoms with E-state index in [0.717, 1.165) is 28.5 Å². The van der Waals surface area contributed by atoms with Gasteiger partial charge in [0, 0.05) is 29.0 Å². The number of rotatable bonds is 5. The molecule has 1 heterocycles. The second-order valence-corrected chi connectivity index (χ2v) is 8.15. The average molecular weight is 374 g/mol. The molecule has 0 fully saturated rings. The van der Waals surface area contributed by atoms with Crippen LogP contribution in [0.4, 0.5) is 11.4 Å². The smallest absolute Gasteiger partial charge is 0.288 e. The molecule has 3 rings (SSSR count). The second kappa shape index (κ2) is 6.45. The van der Waals surface area contributed by atoms with E-state index in [0.29, 0.717) is 5.69 Å². The van der Waals surface area contributed by atoms with E-state index < -0.39 is 20.4 Å². The van der Waals surface area contributed by atoms with Crippen molar-refractivity contribution in [1.82, 2.24) is 0 Å². The van der Waals surface area contributed by atoms with E-state index in [1.54, 1.807) is 0 Å². The maximum Gasteiger partial charge on any atom is 0.288 e. The highest BCUT2D eigenvalue weighted by Crippen LogP contribution is 2.33. The lowest BCUT2D eigenvalue weighted by atomic mass is 10.1. The van der Waals surface area contributed by atoms with Gasteiger partial charge in [0.2, 0.25) is 0 Å². The summed E-state index contributed by atoms with van der Waals surface area (Å²) in [5, 5.41) is 15.2. The molecule has 0 aliphatic carbocycles. The molecule has 7 nitrogen and oxygen atoms in total. The van der Waals surface area contributed by atoms with Crippen LogP contribution in [0.3, 0.4) is 0 Å². The Hall–Kier alpha value is -2.87. The lowest BCUT2D eigenvalue weighted by molar-refractivity contribution is -0.387. The number of hydrogen-bond donors (Lipinski definition) is 1. The number of aryl methyl sites for hydroxylation is 1. The molecule has 2 aromatic carbocycles. The first kappa shape index (κ1) is 17.9. The highest BCUT2D eigenvalue weighted by molar-refractivity contribution is 7.90. The predicted octanol–water partition coefficient (Wildman–Crippen LogP) is 4.23. The molecule has 0 amide bonds. The summed E-state index contributed by atoms with van der Waals surface area (Å²) >= 11 is 0. The number of nitro benzene ring substituents is 1. The van der Waals surface area contributed by atoms with Gasteiger partial charge < -0.3 is 9.73 Å². The summed E-state index contributed by atoms with van der Waals surface area (Å²) < 4.78 is 29.7. The third-order valence-corrected chi connectivity index (χ3v) is 5.34. The third kappa shape index (κ3) is 3.28. The molecule has 1 aromatic heterocycles. The lowest BCUT2D eigenvalue weighted by Crippen LogP contribution is -2.09. The van der Waals surface area contributed by atoms with Crippen LogP contribution >= 0.6 is 0 Å². The normalized spacial score (nSPS) is 12.9. The van der Waals surface area contributed by atoms with Crippen LogP contribution in [-0.4, -0.2) is 19.6 Å². The molecule has 136 valence electrons. The first-order chi connectivity index (χ1) is 12.2.